The summed E-state index contributed by atoms with van der Waals surface area (Å²) in [5.74, 6) is 0.659. The molecular formula is C20H25ClN2O4. The summed E-state index contributed by atoms with van der Waals surface area (Å²) in [5, 5.41) is 3.78. The Bertz CT molecular complexity index is 836. The average Bonchev–Trinajstić information content (AvgIpc) is 3.04. The molecule has 1 amide bonds. The van der Waals surface area contributed by atoms with Gasteiger partial charge in [-0.2, -0.15) is 0 Å². The number of furan rings is 1. The second-order valence-corrected chi connectivity index (χ2v) is 7.54. The summed E-state index contributed by atoms with van der Waals surface area (Å²) >= 11 is 0. The van der Waals surface area contributed by atoms with Crippen LogP contribution < -0.4 is 11.1 Å². The molecule has 6 nitrogen and oxygen atoms in total. The number of nitrogens with two attached hydrogens (primary N) is 1. The highest BCUT2D eigenvalue weighted by Crippen LogP contribution is 2.42. The van der Waals surface area contributed by atoms with Crippen LogP contribution in [0.4, 0.5) is 5.69 Å². The van der Waals surface area contributed by atoms with Crippen molar-refractivity contribution in [3.05, 3.63) is 30.0 Å². The van der Waals surface area contributed by atoms with Gasteiger partial charge < -0.3 is 20.2 Å². The maximum atomic E-state index is 12.8. The van der Waals surface area contributed by atoms with E-state index in [4.69, 9.17) is 10.2 Å². The largest absolute Gasteiger partial charge is 0.463 e. The number of carbonyl (C=O) groups excluding carboxylic acids is 2. The molecule has 3 N–H and O–H groups in total. The molecule has 7 heteroatoms. The summed E-state index contributed by atoms with van der Waals surface area (Å²) in [6.45, 7) is 0. The lowest BCUT2D eigenvalue weighted by molar-refractivity contribution is -0.122. The third-order valence-electron chi connectivity index (χ3n) is 5.95. The number of methoxy groups -OCH3 is 1. The number of hydrogen-bond acceptors (Lipinski definition) is 5. The van der Waals surface area contributed by atoms with E-state index in [1.54, 1.807) is 18.2 Å². The number of fused-ring (bicyclic) bond motifs is 3. The van der Waals surface area contributed by atoms with Crippen molar-refractivity contribution in [1.82, 2.24) is 0 Å². The van der Waals surface area contributed by atoms with Crippen molar-refractivity contribution in [3.8, 4) is 0 Å². The van der Waals surface area contributed by atoms with Gasteiger partial charge in [0.25, 0.3) is 0 Å². The fourth-order valence-electron chi connectivity index (χ4n) is 4.57. The minimum absolute atomic E-state index is 0. The van der Waals surface area contributed by atoms with Crippen LogP contribution in [-0.2, 0) is 9.53 Å². The molecule has 2 unspecified atom stereocenters. The molecule has 2 fully saturated rings. The van der Waals surface area contributed by atoms with Crippen LogP contribution in [0.2, 0.25) is 0 Å². The number of benzene rings is 1. The van der Waals surface area contributed by atoms with Crippen LogP contribution in [0, 0.1) is 17.8 Å². The lowest BCUT2D eigenvalue weighted by Gasteiger charge is -2.43. The van der Waals surface area contributed by atoms with E-state index >= 15 is 0 Å². The van der Waals surface area contributed by atoms with Gasteiger partial charge in [-0.25, -0.2) is 4.79 Å². The van der Waals surface area contributed by atoms with Gasteiger partial charge in [0.2, 0.25) is 11.7 Å². The van der Waals surface area contributed by atoms with Crippen LogP contribution in [0.5, 0.6) is 0 Å². The van der Waals surface area contributed by atoms with Crippen molar-refractivity contribution in [2.45, 2.75) is 38.1 Å². The van der Waals surface area contributed by atoms with Crippen molar-refractivity contribution < 1.29 is 18.7 Å². The Kier molecular flexibility index (Phi) is 5.77. The Morgan fingerprint density at radius 1 is 1.19 bits per heavy atom. The second kappa shape index (κ2) is 7.90. The molecule has 0 aliphatic heterocycles. The van der Waals surface area contributed by atoms with Crippen molar-refractivity contribution in [2.75, 3.05) is 12.4 Å². The third kappa shape index (κ3) is 3.82. The molecule has 0 spiro atoms. The van der Waals surface area contributed by atoms with Crippen LogP contribution >= 0.6 is 12.4 Å². The normalized spacial score (nSPS) is 26.9. The van der Waals surface area contributed by atoms with Crippen LogP contribution in [0.1, 0.15) is 42.7 Å². The maximum Gasteiger partial charge on any atom is 0.373 e. The van der Waals surface area contributed by atoms with Crippen molar-refractivity contribution in [3.63, 3.8) is 0 Å². The molecule has 0 saturated heterocycles. The number of halogens is 1. The smallest absolute Gasteiger partial charge is 0.373 e. The molecule has 1 heterocycles. The fourth-order valence-corrected chi connectivity index (χ4v) is 4.57. The van der Waals surface area contributed by atoms with E-state index in [0.717, 1.165) is 31.1 Å². The Morgan fingerprint density at radius 3 is 2.56 bits per heavy atom. The van der Waals surface area contributed by atoms with E-state index in [0.29, 0.717) is 23.1 Å². The van der Waals surface area contributed by atoms with Crippen LogP contribution in [0.25, 0.3) is 11.0 Å². The SMILES string of the molecule is COC(=O)c1cc2cc(NC(=O)C3CC4CCCC(C3)C4N)ccc2o1.Cl. The average molecular weight is 393 g/mol. The molecule has 2 aliphatic rings. The van der Waals surface area contributed by atoms with E-state index in [2.05, 4.69) is 10.1 Å². The molecule has 0 radical (unpaired) electrons. The van der Waals surface area contributed by atoms with Gasteiger partial charge in [-0.15, -0.1) is 12.4 Å². The van der Waals surface area contributed by atoms with Gasteiger partial charge in [0.05, 0.1) is 7.11 Å². The summed E-state index contributed by atoms with van der Waals surface area (Å²) in [4.78, 5) is 24.3. The van der Waals surface area contributed by atoms with Crippen LogP contribution in [0.3, 0.4) is 0 Å². The fraction of sp³-hybridized carbons (Fsp3) is 0.500. The first-order valence-corrected chi connectivity index (χ1v) is 9.23. The van der Waals surface area contributed by atoms with Crippen molar-refractivity contribution in [2.24, 2.45) is 23.5 Å². The van der Waals surface area contributed by atoms with Crippen molar-refractivity contribution >= 4 is 40.9 Å². The van der Waals surface area contributed by atoms with E-state index in [-0.39, 0.29) is 36.0 Å². The van der Waals surface area contributed by atoms with Gasteiger partial charge in [0.15, 0.2) is 0 Å². The lowest BCUT2D eigenvalue weighted by Crippen LogP contribution is -2.48. The molecule has 2 bridgehead atoms. The van der Waals surface area contributed by atoms with Crippen molar-refractivity contribution in [1.29, 1.82) is 0 Å². The van der Waals surface area contributed by atoms with E-state index in [1.165, 1.54) is 13.5 Å². The van der Waals surface area contributed by atoms with Gasteiger partial charge in [0.1, 0.15) is 5.58 Å². The van der Waals surface area contributed by atoms with Gasteiger partial charge in [-0.1, -0.05) is 6.42 Å². The Morgan fingerprint density at radius 2 is 1.89 bits per heavy atom. The summed E-state index contributed by atoms with van der Waals surface area (Å²) < 4.78 is 10.1. The van der Waals surface area contributed by atoms with Gasteiger partial charge in [-0.3, -0.25) is 4.79 Å². The first kappa shape index (κ1) is 19.7. The number of nitrogens with one attached hydrogen (secondary N) is 1. The van der Waals surface area contributed by atoms with Gasteiger partial charge in [-0.05, 0) is 61.8 Å². The minimum Gasteiger partial charge on any atom is -0.463 e. The third-order valence-corrected chi connectivity index (χ3v) is 5.95. The minimum atomic E-state index is -0.517. The quantitative estimate of drug-likeness (QED) is 0.776. The molecule has 27 heavy (non-hydrogen) atoms. The number of anilines is 1. The molecule has 1 aromatic carbocycles. The first-order valence-electron chi connectivity index (χ1n) is 9.23. The zero-order valence-electron chi connectivity index (χ0n) is 15.3. The van der Waals surface area contributed by atoms with Crippen LogP contribution in [0.15, 0.2) is 28.7 Å². The molecular weight excluding hydrogens is 368 g/mol. The van der Waals surface area contributed by atoms with Gasteiger partial charge >= 0.3 is 5.97 Å². The van der Waals surface area contributed by atoms with E-state index < -0.39 is 5.97 Å². The number of esters is 1. The highest BCUT2D eigenvalue weighted by Gasteiger charge is 2.40. The Balaban J connectivity index is 0.00000210. The first-order chi connectivity index (χ1) is 12.5. The zero-order chi connectivity index (χ0) is 18.3. The maximum absolute atomic E-state index is 12.8. The monoisotopic (exact) mass is 392 g/mol. The highest BCUT2D eigenvalue weighted by molar-refractivity contribution is 5.97. The Hall–Kier alpha value is -2.05. The predicted octanol–water partition coefficient (Wildman–Crippen LogP) is 3.73. The summed E-state index contributed by atoms with van der Waals surface area (Å²) in [6.07, 6.45) is 5.27. The molecule has 146 valence electrons. The second-order valence-electron chi connectivity index (χ2n) is 7.54. The predicted molar refractivity (Wildman–Crippen MR) is 105 cm³/mol. The molecule has 2 aliphatic carbocycles. The summed E-state index contributed by atoms with van der Waals surface area (Å²) in [5.41, 5.74) is 7.61. The Labute approximate surface area is 164 Å². The lowest BCUT2D eigenvalue weighted by atomic mass is 9.65. The molecule has 4 rings (SSSR count). The number of hydrogen-bond donors (Lipinski definition) is 2. The molecule has 2 aromatic rings. The molecule has 1 aromatic heterocycles. The summed E-state index contributed by atoms with van der Waals surface area (Å²) in [7, 11) is 1.31. The molecule has 2 atom stereocenters. The standard InChI is InChI=1S/C20H24N2O4.ClH/c1-25-20(24)17-10-13-9-15(5-6-16(13)26-17)22-19(23)14-7-11-3-2-4-12(8-14)18(11)21;/h5-6,9-12,14,18H,2-4,7-8,21H2,1H3,(H,22,23);1H. The number of rotatable bonds is 3. The summed E-state index contributed by atoms with van der Waals surface area (Å²) in [6, 6.07) is 7.24. The van der Waals surface area contributed by atoms with E-state index in [9.17, 15) is 9.59 Å². The number of carbonyl (C=O) groups is 2. The molecule has 2 saturated carbocycles. The number of amides is 1. The van der Waals surface area contributed by atoms with Gasteiger partial charge in [0, 0.05) is 23.0 Å². The van der Waals surface area contributed by atoms with E-state index in [1.807, 2.05) is 6.07 Å². The zero-order valence-corrected chi connectivity index (χ0v) is 16.1. The highest BCUT2D eigenvalue weighted by atomic mass is 35.5. The number of ether oxygens (including phenoxy) is 1. The topological polar surface area (TPSA) is 94.6 Å². The van der Waals surface area contributed by atoms with Crippen LogP contribution in [-0.4, -0.2) is 25.0 Å².